The molecule has 0 unspecified atom stereocenters. The zero-order valence-electron chi connectivity index (χ0n) is 9.08. The quantitative estimate of drug-likeness (QED) is 0.578. The Labute approximate surface area is 93.8 Å². The van der Waals surface area contributed by atoms with Gasteiger partial charge in [-0.3, -0.25) is 0 Å². The molecule has 0 heterocycles. The molecule has 1 aromatic carbocycles. The zero-order valence-corrected chi connectivity index (χ0v) is 9.08. The molecule has 0 bridgehead atoms. The highest BCUT2D eigenvalue weighted by atomic mass is 16.6. The fourth-order valence-electron chi connectivity index (χ4n) is 1.13. The lowest BCUT2D eigenvalue weighted by molar-refractivity contribution is 0.0375. The number of rotatable bonds is 4. The van der Waals surface area contributed by atoms with E-state index in [1.807, 2.05) is 0 Å². The van der Waals surface area contributed by atoms with Crippen molar-refractivity contribution in [1.82, 2.24) is 0 Å². The van der Waals surface area contributed by atoms with E-state index in [0.717, 1.165) is 0 Å². The molecule has 0 saturated heterocycles. The van der Waals surface area contributed by atoms with Crippen LogP contribution in [0.1, 0.15) is 24.2 Å². The van der Waals surface area contributed by atoms with Gasteiger partial charge in [0.05, 0.1) is 11.7 Å². The van der Waals surface area contributed by atoms with E-state index in [1.54, 1.807) is 26.0 Å². The van der Waals surface area contributed by atoms with E-state index in [-0.39, 0.29) is 17.4 Å². The van der Waals surface area contributed by atoms with Gasteiger partial charge < -0.3 is 19.4 Å². The molecule has 2 N–H and O–H groups in total. The Balaban J connectivity index is 2.89. The summed E-state index contributed by atoms with van der Waals surface area (Å²) in [5.41, 5.74) is 0.157. The predicted octanol–water partition coefficient (Wildman–Crippen LogP) is 0.600. The van der Waals surface area contributed by atoms with Crippen molar-refractivity contribution in [3.05, 3.63) is 29.8 Å². The number of hydrogen-bond donors (Lipinski definition) is 2. The van der Waals surface area contributed by atoms with Crippen molar-refractivity contribution in [3.63, 3.8) is 0 Å². The van der Waals surface area contributed by atoms with Crippen molar-refractivity contribution in [2.24, 2.45) is 0 Å². The number of para-hydroxylation sites is 1. The minimum Gasteiger partial charge on any atom is -0.511 e. The van der Waals surface area contributed by atoms with Crippen LogP contribution in [0, 0.1) is 0 Å². The van der Waals surface area contributed by atoms with Gasteiger partial charge >= 0.3 is 13.3 Å². The molecule has 0 radical (unpaired) electrons. The summed E-state index contributed by atoms with van der Waals surface area (Å²) < 4.78 is 9.63. The minimum absolute atomic E-state index is 0.0724. The molecule has 0 aliphatic rings. The summed E-state index contributed by atoms with van der Waals surface area (Å²) >= 11 is 0. The second-order valence-corrected chi connectivity index (χ2v) is 3.39. The normalized spacial score (nSPS) is 10.1. The maximum atomic E-state index is 11.6. The molecule has 0 fully saturated rings. The Morgan fingerprint density at radius 1 is 1.31 bits per heavy atom. The minimum atomic E-state index is -1.96. The van der Waals surface area contributed by atoms with Crippen molar-refractivity contribution < 1.29 is 24.2 Å². The predicted molar refractivity (Wildman–Crippen MR) is 57.8 cm³/mol. The SMILES string of the molecule is CC(C)OC(=O)c1ccccc1OB(O)O. The maximum Gasteiger partial charge on any atom is 0.707 e. The van der Waals surface area contributed by atoms with Crippen LogP contribution in [0.25, 0.3) is 0 Å². The molecule has 0 saturated carbocycles. The summed E-state index contributed by atoms with van der Waals surface area (Å²) in [6.45, 7) is 3.45. The van der Waals surface area contributed by atoms with Gasteiger partial charge in [0.1, 0.15) is 5.75 Å². The van der Waals surface area contributed by atoms with E-state index >= 15 is 0 Å². The van der Waals surface area contributed by atoms with Crippen LogP contribution in [0.3, 0.4) is 0 Å². The van der Waals surface area contributed by atoms with Gasteiger partial charge in [0.25, 0.3) is 0 Å². The molecule has 0 spiro atoms. The van der Waals surface area contributed by atoms with Crippen molar-refractivity contribution in [3.8, 4) is 5.75 Å². The number of benzene rings is 1. The second kappa shape index (κ2) is 5.53. The Morgan fingerprint density at radius 2 is 1.94 bits per heavy atom. The van der Waals surface area contributed by atoms with E-state index in [0.29, 0.717) is 0 Å². The lowest BCUT2D eigenvalue weighted by Gasteiger charge is -2.12. The third-order valence-corrected chi connectivity index (χ3v) is 1.68. The molecular formula is C10H13BO5. The van der Waals surface area contributed by atoms with E-state index in [4.69, 9.17) is 14.8 Å². The molecule has 0 aliphatic carbocycles. The first-order chi connectivity index (χ1) is 7.50. The first kappa shape index (κ1) is 12.5. The van der Waals surface area contributed by atoms with E-state index in [9.17, 15) is 4.79 Å². The van der Waals surface area contributed by atoms with E-state index in [1.165, 1.54) is 12.1 Å². The lowest BCUT2D eigenvalue weighted by Crippen LogP contribution is -2.22. The fourth-order valence-corrected chi connectivity index (χ4v) is 1.13. The standard InChI is InChI=1S/C10H13BO5/c1-7(2)15-10(12)8-5-3-4-6-9(8)16-11(13)14/h3-7,13-14H,1-2H3. The Morgan fingerprint density at radius 3 is 2.50 bits per heavy atom. The molecule has 0 amide bonds. The molecule has 0 aliphatic heterocycles. The van der Waals surface area contributed by atoms with E-state index < -0.39 is 13.3 Å². The topological polar surface area (TPSA) is 76.0 Å². The zero-order chi connectivity index (χ0) is 12.1. The van der Waals surface area contributed by atoms with Gasteiger partial charge in [-0.15, -0.1) is 0 Å². The van der Waals surface area contributed by atoms with Crippen molar-refractivity contribution in [1.29, 1.82) is 0 Å². The molecule has 0 aromatic heterocycles. The third kappa shape index (κ3) is 3.56. The fraction of sp³-hybridized carbons (Fsp3) is 0.300. The monoisotopic (exact) mass is 224 g/mol. The third-order valence-electron chi connectivity index (χ3n) is 1.68. The molecule has 1 rings (SSSR count). The van der Waals surface area contributed by atoms with E-state index in [2.05, 4.69) is 4.65 Å². The van der Waals surface area contributed by atoms with Gasteiger partial charge in [-0.1, -0.05) is 12.1 Å². The lowest BCUT2D eigenvalue weighted by atomic mass is 10.1. The number of esters is 1. The van der Waals surface area contributed by atoms with Gasteiger partial charge in [0.15, 0.2) is 0 Å². The van der Waals surface area contributed by atoms with Crippen molar-refractivity contribution in [2.75, 3.05) is 0 Å². The molecule has 1 aromatic rings. The summed E-state index contributed by atoms with van der Waals surface area (Å²) in [5.74, 6) is -0.491. The number of carbonyl (C=O) groups excluding carboxylic acids is 1. The Bertz CT molecular complexity index is 364. The number of hydrogen-bond acceptors (Lipinski definition) is 5. The van der Waals surface area contributed by atoms with Crippen LogP contribution in [0.2, 0.25) is 0 Å². The van der Waals surface area contributed by atoms with Crippen LogP contribution in [-0.2, 0) is 4.74 Å². The molecule has 6 heteroatoms. The van der Waals surface area contributed by atoms with Crippen LogP contribution < -0.4 is 4.65 Å². The van der Waals surface area contributed by atoms with Gasteiger partial charge in [-0.05, 0) is 26.0 Å². The number of ether oxygens (including phenoxy) is 1. The average Bonchev–Trinajstić information content (AvgIpc) is 2.16. The Kier molecular flexibility index (Phi) is 4.33. The first-order valence-corrected chi connectivity index (χ1v) is 4.83. The first-order valence-electron chi connectivity index (χ1n) is 4.83. The summed E-state index contributed by atoms with van der Waals surface area (Å²) in [4.78, 5) is 11.6. The summed E-state index contributed by atoms with van der Waals surface area (Å²) in [7, 11) is -1.96. The van der Waals surface area contributed by atoms with Crippen molar-refractivity contribution in [2.45, 2.75) is 20.0 Å². The molecular weight excluding hydrogens is 211 g/mol. The Hall–Kier alpha value is -1.53. The summed E-state index contributed by atoms with van der Waals surface area (Å²) in [5, 5.41) is 17.4. The van der Waals surface area contributed by atoms with Crippen molar-refractivity contribution >= 4 is 13.3 Å². The highest BCUT2D eigenvalue weighted by molar-refractivity contribution is 6.34. The van der Waals surface area contributed by atoms with Gasteiger partial charge in [0, 0.05) is 0 Å². The largest absolute Gasteiger partial charge is 0.707 e. The molecule has 5 nitrogen and oxygen atoms in total. The average molecular weight is 224 g/mol. The van der Waals surface area contributed by atoms with Gasteiger partial charge in [0.2, 0.25) is 0 Å². The van der Waals surface area contributed by atoms with Crippen LogP contribution >= 0.6 is 0 Å². The van der Waals surface area contributed by atoms with Gasteiger partial charge in [-0.2, -0.15) is 0 Å². The second-order valence-electron chi connectivity index (χ2n) is 3.39. The van der Waals surface area contributed by atoms with Crippen LogP contribution in [0.5, 0.6) is 5.75 Å². The molecule has 16 heavy (non-hydrogen) atoms. The van der Waals surface area contributed by atoms with Crippen LogP contribution in [0.15, 0.2) is 24.3 Å². The highest BCUT2D eigenvalue weighted by Crippen LogP contribution is 2.19. The summed E-state index contributed by atoms with van der Waals surface area (Å²) in [6, 6.07) is 6.19. The summed E-state index contributed by atoms with van der Waals surface area (Å²) in [6.07, 6.45) is -0.250. The van der Waals surface area contributed by atoms with Crippen LogP contribution in [-0.4, -0.2) is 29.4 Å². The molecule has 0 atom stereocenters. The van der Waals surface area contributed by atoms with Gasteiger partial charge in [-0.25, -0.2) is 4.79 Å². The smallest absolute Gasteiger partial charge is 0.511 e. The molecule has 86 valence electrons. The maximum absolute atomic E-state index is 11.6. The number of carbonyl (C=O) groups is 1. The highest BCUT2D eigenvalue weighted by Gasteiger charge is 2.19. The van der Waals surface area contributed by atoms with Crippen LogP contribution in [0.4, 0.5) is 0 Å².